The van der Waals surface area contributed by atoms with Gasteiger partial charge in [-0.3, -0.25) is 0 Å². The van der Waals surface area contributed by atoms with Crippen LogP contribution in [-0.2, 0) is 0 Å². The van der Waals surface area contributed by atoms with Crippen molar-refractivity contribution in [3.8, 4) is 0 Å². The molecule has 1 aliphatic heterocycles. The zero-order valence-electron chi connectivity index (χ0n) is 14.4. The monoisotopic (exact) mass is 291 g/mol. The van der Waals surface area contributed by atoms with Crippen molar-refractivity contribution in [1.82, 2.24) is 15.5 Å². The molecule has 2 N–H and O–H groups in total. The molecule has 0 bridgehead atoms. The van der Waals surface area contributed by atoms with Crippen molar-refractivity contribution in [3.05, 3.63) is 35.9 Å². The molecule has 0 aliphatic carbocycles. The highest BCUT2D eigenvalue weighted by atomic mass is 15.2. The summed E-state index contributed by atoms with van der Waals surface area (Å²) >= 11 is 0. The van der Waals surface area contributed by atoms with Gasteiger partial charge in [0.2, 0.25) is 0 Å². The quantitative estimate of drug-likeness (QED) is 0.873. The number of piperazine rings is 1. The second kappa shape index (κ2) is 9.93. The Morgan fingerprint density at radius 3 is 2.52 bits per heavy atom. The van der Waals surface area contributed by atoms with Gasteiger partial charge in [0.25, 0.3) is 0 Å². The lowest BCUT2D eigenvalue weighted by atomic mass is 9.94. The number of nitrogens with zero attached hydrogens (tertiary/aromatic N) is 1. The van der Waals surface area contributed by atoms with E-state index in [0.717, 1.165) is 19.6 Å². The summed E-state index contributed by atoms with van der Waals surface area (Å²) < 4.78 is 0. The number of hydrogen-bond acceptors (Lipinski definition) is 3. The maximum Gasteiger partial charge on any atom is 0.0355 e. The molecule has 1 aliphatic rings. The molecule has 0 saturated carbocycles. The Bertz CT molecular complexity index is 366. The Labute approximate surface area is 131 Å². The summed E-state index contributed by atoms with van der Waals surface area (Å²) in [6.45, 7) is 13.2. The molecule has 1 heterocycles. The number of benzene rings is 1. The Morgan fingerprint density at radius 1 is 1.29 bits per heavy atom. The van der Waals surface area contributed by atoms with Crippen molar-refractivity contribution in [1.29, 1.82) is 0 Å². The molecule has 0 amide bonds. The molecule has 0 radical (unpaired) electrons. The number of rotatable bonds is 5. The highest BCUT2D eigenvalue weighted by Crippen LogP contribution is 2.22. The lowest BCUT2D eigenvalue weighted by Crippen LogP contribution is -2.50. The maximum absolute atomic E-state index is 3.50. The lowest BCUT2D eigenvalue weighted by molar-refractivity contribution is 0.169. The van der Waals surface area contributed by atoms with Crippen LogP contribution in [-0.4, -0.2) is 44.2 Å². The third-order valence-corrected chi connectivity index (χ3v) is 4.04. The van der Waals surface area contributed by atoms with Crippen molar-refractivity contribution < 1.29 is 0 Å². The molecule has 1 fully saturated rings. The minimum atomic E-state index is 0.436. The van der Waals surface area contributed by atoms with Crippen molar-refractivity contribution in [2.24, 2.45) is 5.92 Å². The van der Waals surface area contributed by atoms with E-state index in [-0.39, 0.29) is 0 Å². The van der Waals surface area contributed by atoms with Gasteiger partial charge in [-0.1, -0.05) is 51.1 Å². The van der Waals surface area contributed by atoms with Gasteiger partial charge in [-0.2, -0.15) is 0 Å². The van der Waals surface area contributed by atoms with Crippen LogP contribution >= 0.6 is 0 Å². The van der Waals surface area contributed by atoms with Crippen LogP contribution < -0.4 is 10.6 Å². The van der Waals surface area contributed by atoms with Crippen LogP contribution in [0.5, 0.6) is 0 Å². The van der Waals surface area contributed by atoms with Crippen molar-refractivity contribution in [2.45, 2.75) is 39.8 Å². The lowest BCUT2D eigenvalue weighted by Gasteiger charge is -2.35. The summed E-state index contributed by atoms with van der Waals surface area (Å²) in [5.41, 5.74) is 1.39. The standard InChI is InChI=1S/C16H27N3.C2H6/c1-13(11-19-10-9-18-14(2)12-19)16(17-3)15-7-5-4-6-8-15;1-2/h4-8,13-14,16-18H,9-12H2,1-3H3;1-2H3/t13-,14-,16?;/m0./s1. The number of nitrogens with one attached hydrogen (secondary N) is 2. The van der Waals surface area contributed by atoms with Gasteiger partial charge in [-0.05, 0) is 25.5 Å². The van der Waals surface area contributed by atoms with E-state index in [1.807, 2.05) is 13.8 Å². The first-order valence-electron chi connectivity index (χ1n) is 8.38. The van der Waals surface area contributed by atoms with Gasteiger partial charge >= 0.3 is 0 Å². The van der Waals surface area contributed by atoms with Crippen molar-refractivity contribution in [2.75, 3.05) is 33.2 Å². The van der Waals surface area contributed by atoms with Gasteiger partial charge in [0.1, 0.15) is 0 Å². The van der Waals surface area contributed by atoms with Crippen LogP contribution in [0.4, 0.5) is 0 Å². The fourth-order valence-corrected chi connectivity index (χ4v) is 3.13. The Kier molecular flexibility index (Phi) is 8.58. The van der Waals surface area contributed by atoms with Crippen molar-refractivity contribution >= 4 is 0 Å². The average Bonchev–Trinajstić information content (AvgIpc) is 2.51. The molecule has 120 valence electrons. The molecule has 21 heavy (non-hydrogen) atoms. The minimum absolute atomic E-state index is 0.436. The summed E-state index contributed by atoms with van der Waals surface area (Å²) in [4.78, 5) is 2.58. The SMILES string of the molecule is CC.CNC(c1ccccc1)[C@@H](C)CN1CCN[C@@H](C)C1. The smallest absolute Gasteiger partial charge is 0.0355 e. The highest BCUT2D eigenvalue weighted by molar-refractivity contribution is 5.19. The van der Waals surface area contributed by atoms with Crippen LogP contribution in [0, 0.1) is 5.92 Å². The Hall–Kier alpha value is -0.900. The molecule has 1 unspecified atom stereocenters. The molecule has 3 nitrogen and oxygen atoms in total. The first kappa shape index (κ1) is 18.1. The van der Waals surface area contributed by atoms with Crippen LogP contribution in [0.2, 0.25) is 0 Å². The van der Waals surface area contributed by atoms with Crippen molar-refractivity contribution in [3.63, 3.8) is 0 Å². The molecule has 1 aromatic carbocycles. The van der Waals surface area contributed by atoms with Gasteiger partial charge in [0.05, 0.1) is 0 Å². The highest BCUT2D eigenvalue weighted by Gasteiger charge is 2.22. The first-order chi connectivity index (χ1) is 10.2. The van der Waals surface area contributed by atoms with Gasteiger partial charge in [-0.15, -0.1) is 0 Å². The second-order valence-electron chi connectivity index (χ2n) is 5.77. The fraction of sp³-hybridized carbons (Fsp3) is 0.667. The van der Waals surface area contributed by atoms with E-state index in [1.165, 1.54) is 12.1 Å². The van der Waals surface area contributed by atoms with Crippen LogP contribution in [0.1, 0.15) is 39.3 Å². The Balaban J connectivity index is 0.00000106. The third-order valence-electron chi connectivity index (χ3n) is 4.04. The van der Waals surface area contributed by atoms with E-state index in [4.69, 9.17) is 0 Å². The fourth-order valence-electron chi connectivity index (χ4n) is 3.13. The summed E-state index contributed by atoms with van der Waals surface area (Å²) in [6, 6.07) is 11.8. The van der Waals surface area contributed by atoms with Gasteiger partial charge in [-0.25, -0.2) is 0 Å². The molecular weight excluding hydrogens is 258 g/mol. The molecular formula is C18H33N3. The van der Waals surface area contributed by atoms with Gasteiger partial charge in [0, 0.05) is 38.3 Å². The molecule has 1 saturated heterocycles. The predicted molar refractivity (Wildman–Crippen MR) is 92.7 cm³/mol. The molecule has 2 rings (SSSR count). The van der Waals surface area contributed by atoms with Gasteiger partial charge < -0.3 is 15.5 Å². The molecule has 0 aromatic heterocycles. The zero-order chi connectivity index (χ0) is 15.7. The van der Waals surface area contributed by atoms with E-state index in [9.17, 15) is 0 Å². The zero-order valence-corrected chi connectivity index (χ0v) is 14.4. The predicted octanol–water partition coefficient (Wildman–Crippen LogP) is 2.90. The average molecular weight is 291 g/mol. The summed E-state index contributed by atoms with van der Waals surface area (Å²) in [6.07, 6.45) is 0. The van der Waals surface area contributed by atoms with E-state index >= 15 is 0 Å². The Morgan fingerprint density at radius 2 is 1.95 bits per heavy atom. The number of hydrogen-bond donors (Lipinski definition) is 2. The molecule has 3 atom stereocenters. The van der Waals surface area contributed by atoms with E-state index in [1.54, 1.807) is 0 Å². The molecule has 0 spiro atoms. The maximum atomic E-state index is 3.50. The van der Waals surface area contributed by atoms with E-state index in [2.05, 4.69) is 66.8 Å². The van der Waals surface area contributed by atoms with Gasteiger partial charge in [0.15, 0.2) is 0 Å². The summed E-state index contributed by atoms with van der Waals surface area (Å²) in [7, 11) is 2.06. The first-order valence-corrected chi connectivity index (χ1v) is 8.38. The summed E-state index contributed by atoms with van der Waals surface area (Å²) in [5, 5.41) is 6.98. The van der Waals surface area contributed by atoms with Crippen LogP contribution in [0.3, 0.4) is 0 Å². The minimum Gasteiger partial charge on any atom is -0.313 e. The molecule has 3 heteroatoms. The topological polar surface area (TPSA) is 27.3 Å². The van der Waals surface area contributed by atoms with Crippen LogP contribution in [0.25, 0.3) is 0 Å². The third kappa shape index (κ3) is 5.77. The molecule has 1 aromatic rings. The van der Waals surface area contributed by atoms with E-state index < -0.39 is 0 Å². The van der Waals surface area contributed by atoms with Crippen LogP contribution in [0.15, 0.2) is 30.3 Å². The normalized spacial score (nSPS) is 22.0. The summed E-state index contributed by atoms with van der Waals surface area (Å²) in [5.74, 6) is 0.609. The largest absolute Gasteiger partial charge is 0.313 e. The van der Waals surface area contributed by atoms with E-state index in [0.29, 0.717) is 18.0 Å². The second-order valence-corrected chi connectivity index (χ2v) is 5.77.